The third kappa shape index (κ3) is 3.93. The number of piperazine rings is 1. The van der Waals surface area contributed by atoms with Crippen molar-refractivity contribution in [3.05, 3.63) is 80.4 Å². The van der Waals surface area contributed by atoms with E-state index in [4.69, 9.17) is 0 Å². The van der Waals surface area contributed by atoms with E-state index >= 15 is 0 Å². The van der Waals surface area contributed by atoms with Crippen molar-refractivity contribution in [3.63, 3.8) is 0 Å². The smallest absolute Gasteiger partial charge is 0.250 e. The molecule has 5 nitrogen and oxygen atoms in total. The Morgan fingerprint density at radius 1 is 0.931 bits per heavy atom. The van der Waals surface area contributed by atoms with Gasteiger partial charge in [0.25, 0.3) is 0 Å². The summed E-state index contributed by atoms with van der Waals surface area (Å²) < 4.78 is 13.9. The highest BCUT2D eigenvalue weighted by Crippen LogP contribution is 2.24. The normalized spacial score (nSPS) is 15.0. The van der Waals surface area contributed by atoms with Crippen molar-refractivity contribution in [1.82, 2.24) is 4.90 Å². The summed E-state index contributed by atoms with van der Waals surface area (Å²) in [6, 6.07) is 14.5. The van der Waals surface area contributed by atoms with Crippen molar-refractivity contribution >= 4 is 11.4 Å². The number of halogens is 1. The molecule has 3 aromatic carbocycles. The number of hydrogen-bond donors (Lipinski definition) is 1. The molecule has 0 aliphatic carbocycles. The zero-order valence-corrected chi connectivity index (χ0v) is 16.5. The summed E-state index contributed by atoms with van der Waals surface area (Å²) in [6.45, 7) is 6.50. The Kier molecular flexibility index (Phi) is 5.45. The molecule has 0 saturated carbocycles. The van der Waals surface area contributed by atoms with Crippen LogP contribution in [0.15, 0.2) is 58.1 Å². The van der Waals surface area contributed by atoms with Crippen LogP contribution in [0.25, 0.3) is 11.1 Å². The van der Waals surface area contributed by atoms with Crippen LogP contribution in [0.2, 0.25) is 0 Å². The Balaban J connectivity index is 1.31. The van der Waals surface area contributed by atoms with Gasteiger partial charge in [0.1, 0.15) is 5.82 Å². The molecule has 0 unspecified atom stereocenters. The predicted octanol–water partition coefficient (Wildman–Crippen LogP) is 2.63. The first-order chi connectivity index (χ1) is 14.0. The third-order valence-electron chi connectivity index (χ3n) is 5.55. The SMILES string of the molecule is Cc1ccc(-c2c(NCCN3CCN(c4ccccc4F)CC3)c(=O)c2=O)cc1. The van der Waals surface area contributed by atoms with Gasteiger partial charge < -0.3 is 10.2 Å². The highest BCUT2D eigenvalue weighted by atomic mass is 19.1. The number of aryl methyl sites for hydroxylation is 1. The Labute approximate surface area is 169 Å². The van der Waals surface area contributed by atoms with Crippen molar-refractivity contribution in [2.45, 2.75) is 6.92 Å². The molecule has 1 aliphatic rings. The number of anilines is 2. The van der Waals surface area contributed by atoms with Crippen molar-refractivity contribution < 1.29 is 4.39 Å². The van der Waals surface area contributed by atoms with Crippen LogP contribution in [0.3, 0.4) is 0 Å². The molecule has 1 saturated heterocycles. The molecule has 1 aliphatic heterocycles. The molecule has 0 spiro atoms. The molecule has 0 atom stereocenters. The van der Waals surface area contributed by atoms with Crippen molar-refractivity contribution in [1.29, 1.82) is 0 Å². The average Bonchev–Trinajstić information content (AvgIpc) is 2.75. The van der Waals surface area contributed by atoms with Gasteiger partial charge in [-0.3, -0.25) is 14.5 Å². The number of para-hydroxylation sites is 1. The van der Waals surface area contributed by atoms with Gasteiger partial charge in [-0.2, -0.15) is 0 Å². The summed E-state index contributed by atoms with van der Waals surface area (Å²) in [5, 5.41) is 3.16. The van der Waals surface area contributed by atoms with Crippen LogP contribution in [0, 0.1) is 12.7 Å². The van der Waals surface area contributed by atoms with Crippen LogP contribution >= 0.6 is 0 Å². The Bertz CT molecular complexity index is 1060. The Morgan fingerprint density at radius 2 is 1.62 bits per heavy atom. The topological polar surface area (TPSA) is 52.6 Å². The fourth-order valence-corrected chi connectivity index (χ4v) is 3.82. The van der Waals surface area contributed by atoms with Gasteiger partial charge in [-0.25, -0.2) is 4.39 Å². The first-order valence-corrected chi connectivity index (χ1v) is 9.90. The summed E-state index contributed by atoms with van der Waals surface area (Å²) in [4.78, 5) is 28.4. The number of nitrogens with zero attached hydrogens (tertiary/aromatic N) is 2. The highest BCUT2D eigenvalue weighted by Gasteiger charge is 2.23. The fraction of sp³-hybridized carbons (Fsp3) is 0.304. The van der Waals surface area contributed by atoms with E-state index in [9.17, 15) is 14.0 Å². The van der Waals surface area contributed by atoms with Crippen LogP contribution in [-0.2, 0) is 0 Å². The van der Waals surface area contributed by atoms with Crippen LogP contribution in [0.1, 0.15) is 5.56 Å². The maximum atomic E-state index is 13.9. The molecule has 0 aromatic heterocycles. The number of rotatable bonds is 6. The Hall–Kier alpha value is -2.99. The minimum Gasteiger partial charge on any atom is -0.380 e. The second-order valence-corrected chi connectivity index (χ2v) is 7.48. The van der Waals surface area contributed by atoms with E-state index in [0.717, 1.165) is 43.9 Å². The molecule has 6 heteroatoms. The molecule has 1 heterocycles. The van der Waals surface area contributed by atoms with Crippen LogP contribution in [-0.4, -0.2) is 44.2 Å². The summed E-state index contributed by atoms with van der Waals surface area (Å²) in [6.07, 6.45) is 0. The molecule has 3 aromatic rings. The minimum absolute atomic E-state index is 0.189. The lowest BCUT2D eigenvalue weighted by atomic mass is 9.98. The van der Waals surface area contributed by atoms with E-state index in [1.807, 2.05) is 43.3 Å². The molecular weight excluding hydrogens is 369 g/mol. The molecule has 1 N–H and O–H groups in total. The molecular formula is C23H24FN3O2. The predicted molar refractivity (Wildman–Crippen MR) is 115 cm³/mol. The van der Waals surface area contributed by atoms with Crippen LogP contribution in [0.5, 0.6) is 0 Å². The lowest BCUT2D eigenvalue weighted by Crippen LogP contribution is -2.48. The molecule has 0 amide bonds. The van der Waals surface area contributed by atoms with E-state index in [1.54, 1.807) is 6.07 Å². The van der Waals surface area contributed by atoms with Crippen molar-refractivity contribution in [2.24, 2.45) is 0 Å². The summed E-state index contributed by atoms with van der Waals surface area (Å²) >= 11 is 0. The second kappa shape index (κ2) is 8.17. The third-order valence-corrected chi connectivity index (χ3v) is 5.55. The minimum atomic E-state index is -0.440. The van der Waals surface area contributed by atoms with Gasteiger partial charge in [-0.15, -0.1) is 0 Å². The number of nitrogens with one attached hydrogen (secondary N) is 1. The van der Waals surface area contributed by atoms with Crippen molar-refractivity contribution in [3.8, 4) is 11.1 Å². The lowest BCUT2D eigenvalue weighted by molar-refractivity contribution is 0.266. The van der Waals surface area contributed by atoms with Gasteiger partial charge in [0.2, 0.25) is 10.9 Å². The van der Waals surface area contributed by atoms with Gasteiger partial charge >= 0.3 is 0 Å². The van der Waals surface area contributed by atoms with Crippen LogP contribution in [0.4, 0.5) is 15.8 Å². The quantitative estimate of drug-likeness (QED) is 0.653. The summed E-state index contributed by atoms with van der Waals surface area (Å²) in [5.74, 6) is -0.189. The van der Waals surface area contributed by atoms with Crippen molar-refractivity contribution in [2.75, 3.05) is 49.5 Å². The van der Waals surface area contributed by atoms with Gasteiger partial charge in [-0.05, 0) is 24.6 Å². The van der Waals surface area contributed by atoms with E-state index in [0.29, 0.717) is 23.5 Å². The largest absolute Gasteiger partial charge is 0.380 e. The zero-order valence-electron chi connectivity index (χ0n) is 16.5. The molecule has 4 rings (SSSR count). The van der Waals surface area contributed by atoms with E-state index < -0.39 is 10.9 Å². The van der Waals surface area contributed by atoms with E-state index in [1.165, 1.54) is 6.07 Å². The van der Waals surface area contributed by atoms with E-state index in [2.05, 4.69) is 15.1 Å². The lowest BCUT2D eigenvalue weighted by Gasteiger charge is -2.36. The highest BCUT2D eigenvalue weighted by molar-refractivity contribution is 5.81. The van der Waals surface area contributed by atoms with Gasteiger partial charge in [0.05, 0.1) is 16.9 Å². The number of benzene rings is 2. The van der Waals surface area contributed by atoms with E-state index in [-0.39, 0.29) is 5.82 Å². The Morgan fingerprint density at radius 3 is 2.31 bits per heavy atom. The first-order valence-electron chi connectivity index (χ1n) is 9.90. The standard InChI is InChI=1S/C23H24FN3O2/c1-16-6-8-17(9-7-16)20-21(23(29)22(20)28)25-10-11-26-12-14-27(15-13-26)19-5-3-2-4-18(19)24/h2-9,25H,10-15H2,1H3. The molecule has 29 heavy (non-hydrogen) atoms. The average molecular weight is 393 g/mol. The monoisotopic (exact) mass is 393 g/mol. The van der Waals surface area contributed by atoms with Gasteiger partial charge in [0.15, 0.2) is 0 Å². The second-order valence-electron chi connectivity index (χ2n) is 7.48. The van der Waals surface area contributed by atoms with Crippen LogP contribution < -0.4 is 21.1 Å². The fourth-order valence-electron chi connectivity index (χ4n) is 3.82. The summed E-state index contributed by atoms with van der Waals surface area (Å²) in [7, 11) is 0. The summed E-state index contributed by atoms with van der Waals surface area (Å²) in [5.41, 5.74) is 2.58. The molecule has 0 radical (unpaired) electrons. The maximum absolute atomic E-state index is 13.9. The first kappa shape index (κ1) is 19.3. The van der Waals surface area contributed by atoms with Gasteiger partial charge in [-0.1, -0.05) is 42.0 Å². The number of hydrogen-bond acceptors (Lipinski definition) is 5. The van der Waals surface area contributed by atoms with Gasteiger partial charge in [0, 0.05) is 39.3 Å². The maximum Gasteiger partial charge on any atom is 0.250 e. The molecule has 1 fully saturated rings. The zero-order chi connectivity index (χ0) is 20.4. The molecule has 150 valence electrons. The molecule has 0 bridgehead atoms.